The Balaban J connectivity index is 1.90. The molecule has 0 N–H and O–H groups in total. The van der Waals surface area contributed by atoms with Crippen LogP contribution in [0.15, 0.2) is 10.9 Å². The third-order valence-electron chi connectivity index (χ3n) is 5.67. The highest BCUT2D eigenvalue weighted by molar-refractivity contribution is 5.96. The van der Waals surface area contributed by atoms with Crippen LogP contribution in [-0.2, 0) is 11.8 Å². The molecule has 24 heavy (non-hydrogen) atoms. The fourth-order valence-corrected chi connectivity index (χ4v) is 4.09. The van der Waals surface area contributed by atoms with Crippen molar-refractivity contribution in [3.05, 3.63) is 33.2 Å². The molecule has 6 nitrogen and oxygen atoms in total. The highest BCUT2D eigenvalue weighted by Crippen LogP contribution is 2.40. The first-order valence-electron chi connectivity index (χ1n) is 8.49. The second kappa shape index (κ2) is 5.76. The summed E-state index contributed by atoms with van der Waals surface area (Å²) in [5, 5.41) is 0. The largest absolute Gasteiger partial charge is 0.345 e. The van der Waals surface area contributed by atoms with Crippen LogP contribution in [0.4, 0.5) is 0 Å². The van der Waals surface area contributed by atoms with Crippen molar-refractivity contribution in [2.75, 3.05) is 26.7 Å². The summed E-state index contributed by atoms with van der Waals surface area (Å²) in [4.78, 5) is 41.6. The Labute approximate surface area is 142 Å². The molecule has 2 amide bonds. The smallest absolute Gasteiger partial charge is 0.263 e. The van der Waals surface area contributed by atoms with Crippen LogP contribution in [0.2, 0.25) is 0 Å². The van der Waals surface area contributed by atoms with E-state index in [4.69, 9.17) is 0 Å². The molecular formula is C18H25N3O3. The minimum Gasteiger partial charge on any atom is -0.345 e. The second-order valence-corrected chi connectivity index (χ2v) is 7.30. The lowest BCUT2D eigenvalue weighted by atomic mass is 9.78. The van der Waals surface area contributed by atoms with Gasteiger partial charge >= 0.3 is 0 Å². The van der Waals surface area contributed by atoms with Gasteiger partial charge in [-0.1, -0.05) is 0 Å². The van der Waals surface area contributed by atoms with E-state index in [1.54, 1.807) is 23.8 Å². The quantitative estimate of drug-likeness (QED) is 0.774. The van der Waals surface area contributed by atoms with Crippen LogP contribution >= 0.6 is 0 Å². The van der Waals surface area contributed by atoms with Crippen molar-refractivity contribution in [3.63, 3.8) is 0 Å². The Hall–Kier alpha value is -2.11. The summed E-state index contributed by atoms with van der Waals surface area (Å²) >= 11 is 0. The zero-order valence-corrected chi connectivity index (χ0v) is 14.9. The molecule has 0 saturated carbocycles. The predicted molar refractivity (Wildman–Crippen MR) is 91.0 cm³/mol. The van der Waals surface area contributed by atoms with Crippen molar-refractivity contribution in [1.82, 2.24) is 14.4 Å². The molecule has 0 aliphatic carbocycles. The third kappa shape index (κ3) is 2.44. The number of rotatable bonds is 1. The van der Waals surface area contributed by atoms with Crippen LogP contribution in [0, 0.1) is 19.3 Å². The topological polar surface area (TPSA) is 62.6 Å². The third-order valence-corrected chi connectivity index (χ3v) is 5.67. The lowest BCUT2D eigenvalue weighted by molar-refractivity contribution is -0.143. The Morgan fingerprint density at radius 1 is 1.12 bits per heavy atom. The normalized spacial score (nSPS) is 24.1. The molecule has 0 aromatic carbocycles. The number of aryl methyl sites for hydroxylation is 2. The number of pyridine rings is 1. The Kier molecular flexibility index (Phi) is 4.01. The van der Waals surface area contributed by atoms with Crippen molar-refractivity contribution in [2.45, 2.75) is 33.1 Å². The van der Waals surface area contributed by atoms with E-state index >= 15 is 0 Å². The van der Waals surface area contributed by atoms with Gasteiger partial charge in [0.15, 0.2) is 0 Å². The van der Waals surface area contributed by atoms with Gasteiger partial charge in [-0.15, -0.1) is 0 Å². The van der Waals surface area contributed by atoms with Gasteiger partial charge < -0.3 is 14.4 Å². The van der Waals surface area contributed by atoms with E-state index < -0.39 is 5.41 Å². The first kappa shape index (κ1) is 16.7. The molecule has 2 saturated heterocycles. The van der Waals surface area contributed by atoms with Crippen LogP contribution in [0.25, 0.3) is 0 Å². The van der Waals surface area contributed by atoms with Crippen LogP contribution in [0.5, 0.6) is 0 Å². The molecule has 1 atom stereocenters. The van der Waals surface area contributed by atoms with Crippen LogP contribution in [-0.4, -0.2) is 52.9 Å². The highest BCUT2D eigenvalue weighted by Gasteiger charge is 2.49. The van der Waals surface area contributed by atoms with Crippen LogP contribution in [0.1, 0.15) is 40.9 Å². The number of piperidine rings is 1. The highest BCUT2D eigenvalue weighted by atomic mass is 16.2. The molecule has 2 aliphatic heterocycles. The molecule has 1 aromatic heterocycles. The van der Waals surface area contributed by atoms with Crippen molar-refractivity contribution in [1.29, 1.82) is 0 Å². The molecule has 130 valence electrons. The standard InChI is InChI=1S/C18H25N3O3/c1-12-10-13(2)20(4)15(22)14(12)16(23)21-9-7-18(11-21)6-5-8-19(3)17(18)24/h10H,5-9,11H2,1-4H3/t18-/m0/s1. The van der Waals surface area contributed by atoms with E-state index in [9.17, 15) is 14.4 Å². The molecule has 2 aliphatic rings. The summed E-state index contributed by atoms with van der Waals surface area (Å²) in [6.45, 7) is 5.39. The fourth-order valence-electron chi connectivity index (χ4n) is 4.09. The second-order valence-electron chi connectivity index (χ2n) is 7.30. The summed E-state index contributed by atoms with van der Waals surface area (Å²) in [5.41, 5.74) is 1.05. The minimum absolute atomic E-state index is 0.137. The lowest BCUT2D eigenvalue weighted by Crippen LogP contribution is -2.49. The van der Waals surface area contributed by atoms with Crippen molar-refractivity contribution in [2.24, 2.45) is 12.5 Å². The maximum absolute atomic E-state index is 13.0. The SMILES string of the molecule is Cc1cc(C)n(C)c(=O)c1C(=O)N1CC[C@@]2(CCCN(C)C2=O)C1. The van der Waals surface area contributed by atoms with Gasteiger partial charge in [0.05, 0.1) is 5.41 Å². The Morgan fingerprint density at radius 3 is 2.54 bits per heavy atom. The first-order valence-corrected chi connectivity index (χ1v) is 8.49. The zero-order valence-electron chi connectivity index (χ0n) is 14.9. The Morgan fingerprint density at radius 2 is 1.83 bits per heavy atom. The van der Waals surface area contributed by atoms with Gasteiger partial charge in [-0.25, -0.2) is 0 Å². The van der Waals surface area contributed by atoms with Crippen molar-refractivity contribution < 1.29 is 9.59 Å². The maximum Gasteiger partial charge on any atom is 0.263 e. The number of aromatic nitrogens is 1. The van der Waals surface area contributed by atoms with E-state index in [-0.39, 0.29) is 22.9 Å². The van der Waals surface area contributed by atoms with Gasteiger partial charge in [0.25, 0.3) is 11.5 Å². The van der Waals surface area contributed by atoms with Gasteiger partial charge in [0.2, 0.25) is 5.91 Å². The van der Waals surface area contributed by atoms with Crippen molar-refractivity contribution in [3.8, 4) is 0 Å². The summed E-state index contributed by atoms with van der Waals surface area (Å²) in [7, 11) is 3.51. The molecule has 1 spiro atoms. The van der Waals surface area contributed by atoms with E-state index in [0.29, 0.717) is 25.1 Å². The summed E-state index contributed by atoms with van der Waals surface area (Å²) < 4.78 is 1.51. The minimum atomic E-state index is -0.452. The summed E-state index contributed by atoms with van der Waals surface area (Å²) in [6.07, 6.45) is 2.48. The van der Waals surface area contributed by atoms with Gasteiger partial charge in [-0.2, -0.15) is 0 Å². The number of carbonyl (C=O) groups excluding carboxylic acids is 2. The van der Waals surface area contributed by atoms with Crippen LogP contribution < -0.4 is 5.56 Å². The van der Waals surface area contributed by atoms with Crippen LogP contribution in [0.3, 0.4) is 0 Å². The maximum atomic E-state index is 13.0. The van der Waals surface area contributed by atoms with E-state index in [1.165, 1.54) is 4.57 Å². The monoisotopic (exact) mass is 331 g/mol. The zero-order chi connectivity index (χ0) is 17.6. The molecule has 0 bridgehead atoms. The number of carbonyl (C=O) groups is 2. The number of likely N-dealkylation sites (tertiary alicyclic amines) is 2. The number of nitrogens with zero attached hydrogens (tertiary/aromatic N) is 3. The number of amides is 2. The van der Waals surface area contributed by atoms with Gasteiger partial charge in [-0.05, 0) is 44.7 Å². The number of hydrogen-bond acceptors (Lipinski definition) is 3. The molecule has 0 radical (unpaired) electrons. The van der Waals surface area contributed by atoms with Gasteiger partial charge in [0.1, 0.15) is 5.56 Å². The fraction of sp³-hybridized carbons (Fsp3) is 0.611. The van der Waals surface area contributed by atoms with Crippen molar-refractivity contribution >= 4 is 11.8 Å². The molecule has 0 unspecified atom stereocenters. The van der Waals surface area contributed by atoms with Gasteiger partial charge in [0, 0.05) is 39.4 Å². The predicted octanol–water partition coefficient (Wildman–Crippen LogP) is 1.09. The molecule has 3 heterocycles. The molecule has 2 fully saturated rings. The van der Waals surface area contributed by atoms with E-state index in [2.05, 4.69) is 0 Å². The van der Waals surface area contributed by atoms with Gasteiger partial charge in [-0.3, -0.25) is 14.4 Å². The number of hydrogen-bond donors (Lipinski definition) is 0. The molecule has 3 rings (SSSR count). The average molecular weight is 331 g/mol. The first-order chi connectivity index (χ1) is 11.3. The Bertz CT molecular complexity index is 768. The summed E-state index contributed by atoms with van der Waals surface area (Å²) in [5.74, 6) is -0.108. The van der Waals surface area contributed by atoms with E-state index in [1.807, 2.05) is 20.0 Å². The average Bonchev–Trinajstić information content (AvgIpc) is 2.95. The lowest BCUT2D eigenvalue weighted by Gasteiger charge is -2.37. The summed E-state index contributed by atoms with van der Waals surface area (Å²) in [6, 6.07) is 1.86. The molecule has 6 heteroatoms. The van der Waals surface area contributed by atoms with E-state index in [0.717, 1.165) is 25.1 Å². The molecular weight excluding hydrogens is 306 g/mol. The molecule has 1 aromatic rings.